The van der Waals surface area contributed by atoms with Gasteiger partial charge < -0.3 is 0 Å². The Bertz CT molecular complexity index is 293. The zero-order chi connectivity index (χ0) is 10.7. The highest BCUT2D eigenvalue weighted by Crippen LogP contribution is 2.26. The van der Waals surface area contributed by atoms with Crippen LogP contribution in [0.3, 0.4) is 0 Å². The first-order chi connectivity index (χ1) is 7.29. The van der Waals surface area contributed by atoms with E-state index in [-0.39, 0.29) is 0 Å². The van der Waals surface area contributed by atoms with Crippen LogP contribution in [0.25, 0.3) is 0 Å². The predicted octanol–water partition coefficient (Wildman–Crippen LogP) is 3.31. The van der Waals surface area contributed by atoms with E-state index >= 15 is 0 Å². The number of hydrogen-bond donors (Lipinski definition) is 0. The van der Waals surface area contributed by atoms with E-state index in [1.54, 1.807) is 0 Å². The summed E-state index contributed by atoms with van der Waals surface area (Å²) in [6.07, 6.45) is 2.71. The minimum absolute atomic E-state index is 0.759. The maximum absolute atomic E-state index is 2.61. The number of benzene rings is 1. The topological polar surface area (TPSA) is 3.24 Å². The standard InChI is InChI=1S/C14H21N/c1-3-13-9-12(2)15(10-13)11-14-7-5-4-6-8-14/h4-8,12-13H,3,9-11H2,1-2H3. The molecule has 0 amide bonds. The largest absolute Gasteiger partial charge is 0.296 e. The number of hydrogen-bond acceptors (Lipinski definition) is 1. The maximum Gasteiger partial charge on any atom is 0.0236 e. The molecule has 1 aliphatic rings. The van der Waals surface area contributed by atoms with Crippen molar-refractivity contribution in [3.05, 3.63) is 35.9 Å². The Labute approximate surface area is 93.1 Å². The molecular weight excluding hydrogens is 182 g/mol. The van der Waals surface area contributed by atoms with Gasteiger partial charge in [-0.1, -0.05) is 43.7 Å². The van der Waals surface area contributed by atoms with Gasteiger partial charge in [0.2, 0.25) is 0 Å². The highest BCUT2D eigenvalue weighted by atomic mass is 15.2. The monoisotopic (exact) mass is 203 g/mol. The molecule has 0 radical (unpaired) electrons. The van der Waals surface area contributed by atoms with Gasteiger partial charge in [0.05, 0.1) is 0 Å². The molecule has 0 N–H and O–H groups in total. The molecule has 2 unspecified atom stereocenters. The van der Waals surface area contributed by atoms with Crippen LogP contribution in [0.1, 0.15) is 32.3 Å². The lowest BCUT2D eigenvalue weighted by Crippen LogP contribution is -2.26. The van der Waals surface area contributed by atoms with Gasteiger partial charge in [-0.05, 0) is 24.8 Å². The van der Waals surface area contributed by atoms with Crippen molar-refractivity contribution in [3.8, 4) is 0 Å². The van der Waals surface area contributed by atoms with E-state index in [4.69, 9.17) is 0 Å². The Morgan fingerprint density at radius 1 is 1.27 bits per heavy atom. The number of nitrogens with zero attached hydrogens (tertiary/aromatic N) is 1. The highest BCUT2D eigenvalue weighted by Gasteiger charge is 2.27. The van der Waals surface area contributed by atoms with Crippen LogP contribution in [0.5, 0.6) is 0 Å². The fraction of sp³-hybridized carbons (Fsp3) is 0.571. The third-order valence-corrected chi connectivity index (χ3v) is 3.60. The van der Waals surface area contributed by atoms with Crippen molar-refractivity contribution in [2.45, 2.75) is 39.3 Å². The second-order valence-corrected chi connectivity index (χ2v) is 4.77. The fourth-order valence-electron chi connectivity index (χ4n) is 2.55. The average Bonchev–Trinajstić information content (AvgIpc) is 2.61. The molecule has 0 saturated carbocycles. The lowest BCUT2D eigenvalue weighted by atomic mass is 10.0. The molecule has 0 bridgehead atoms. The Hall–Kier alpha value is -0.820. The summed E-state index contributed by atoms with van der Waals surface area (Å²) in [6.45, 7) is 7.08. The van der Waals surface area contributed by atoms with Gasteiger partial charge >= 0.3 is 0 Å². The quantitative estimate of drug-likeness (QED) is 0.728. The molecule has 1 heteroatoms. The van der Waals surface area contributed by atoms with Gasteiger partial charge in [0.15, 0.2) is 0 Å². The smallest absolute Gasteiger partial charge is 0.0236 e. The lowest BCUT2D eigenvalue weighted by Gasteiger charge is -2.20. The van der Waals surface area contributed by atoms with Crippen LogP contribution < -0.4 is 0 Å². The molecule has 2 rings (SSSR count). The summed E-state index contributed by atoms with van der Waals surface area (Å²) in [5, 5.41) is 0. The van der Waals surface area contributed by atoms with Crippen LogP contribution in [0.15, 0.2) is 30.3 Å². The van der Waals surface area contributed by atoms with Crippen LogP contribution in [0.4, 0.5) is 0 Å². The SMILES string of the molecule is CCC1CC(C)N(Cc2ccccc2)C1. The van der Waals surface area contributed by atoms with Gasteiger partial charge in [0.25, 0.3) is 0 Å². The van der Waals surface area contributed by atoms with Crippen molar-refractivity contribution in [1.82, 2.24) is 4.90 Å². The Morgan fingerprint density at radius 3 is 2.60 bits per heavy atom. The molecule has 0 aliphatic carbocycles. The first-order valence-electron chi connectivity index (χ1n) is 6.07. The van der Waals surface area contributed by atoms with E-state index < -0.39 is 0 Å². The summed E-state index contributed by atoms with van der Waals surface area (Å²) < 4.78 is 0. The molecular formula is C14H21N. The van der Waals surface area contributed by atoms with E-state index in [0.717, 1.165) is 18.5 Å². The minimum Gasteiger partial charge on any atom is -0.296 e. The van der Waals surface area contributed by atoms with Crippen LogP contribution in [0.2, 0.25) is 0 Å². The van der Waals surface area contributed by atoms with E-state index in [1.807, 2.05) is 0 Å². The average molecular weight is 203 g/mol. The van der Waals surface area contributed by atoms with Gasteiger partial charge in [-0.2, -0.15) is 0 Å². The molecule has 1 saturated heterocycles. The Morgan fingerprint density at radius 2 is 2.00 bits per heavy atom. The zero-order valence-corrected chi connectivity index (χ0v) is 9.82. The summed E-state index contributed by atoms with van der Waals surface area (Å²) >= 11 is 0. The third kappa shape index (κ3) is 2.60. The highest BCUT2D eigenvalue weighted by molar-refractivity contribution is 5.14. The summed E-state index contributed by atoms with van der Waals surface area (Å²) in [5.74, 6) is 0.920. The van der Waals surface area contributed by atoms with Gasteiger partial charge in [-0.25, -0.2) is 0 Å². The van der Waals surface area contributed by atoms with Crippen LogP contribution in [-0.2, 0) is 6.54 Å². The Kier molecular flexibility index (Phi) is 3.42. The van der Waals surface area contributed by atoms with Gasteiger partial charge in [0, 0.05) is 19.1 Å². The van der Waals surface area contributed by atoms with Crippen molar-refractivity contribution in [3.63, 3.8) is 0 Å². The summed E-state index contributed by atoms with van der Waals surface area (Å²) in [4.78, 5) is 2.61. The number of likely N-dealkylation sites (tertiary alicyclic amines) is 1. The van der Waals surface area contributed by atoms with Crippen LogP contribution in [-0.4, -0.2) is 17.5 Å². The van der Waals surface area contributed by atoms with Crippen molar-refractivity contribution in [2.24, 2.45) is 5.92 Å². The molecule has 1 nitrogen and oxygen atoms in total. The zero-order valence-electron chi connectivity index (χ0n) is 9.82. The van der Waals surface area contributed by atoms with Crippen molar-refractivity contribution >= 4 is 0 Å². The molecule has 1 fully saturated rings. The maximum atomic E-state index is 2.61. The van der Waals surface area contributed by atoms with Gasteiger partial charge in [0.1, 0.15) is 0 Å². The molecule has 82 valence electrons. The van der Waals surface area contributed by atoms with Crippen molar-refractivity contribution in [2.75, 3.05) is 6.54 Å². The minimum atomic E-state index is 0.759. The molecule has 0 spiro atoms. The van der Waals surface area contributed by atoms with Gasteiger partial charge in [-0.15, -0.1) is 0 Å². The molecule has 1 aromatic rings. The Balaban J connectivity index is 1.96. The van der Waals surface area contributed by atoms with Crippen LogP contribution >= 0.6 is 0 Å². The molecule has 15 heavy (non-hydrogen) atoms. The van der Waals surface area contributed by atoms with Gasteiger partial charge in [-0.3, -0.25) is 4.90 Å². The normalized spacial score (nSPS) is 27.1. The molecule has 2 atom stereocenters. The molecule has 0 aromatic heterocycles. The van der Waals surface area contributed by atoms with Crippen LogP contribution in [0, 0.1) is 5.92 Å². The predicted molar refractivity (Wildman–Crippen MR) is 64.7 cm³/mol. The van der Waals surface area contributed by atoms with Crippen molar-refractivity contribution < 1.29 is 0 Å². The second kappa shape index (κ2) is 4.80. The van der Waals surface area contributed by atoms with E-state index in [0.29, 0.717) is 0 Å². The number of rotatable bonds is 3. The third-order valence-electron chi connectivity index (χ3n) is 3.60. The summed E-state index contributed by atoms with van der Waals surface area (Å²) in [7, 11) is 0. The first kappa shape index (κ1) is 10.7. The summed E-state index contributed by atoms with van der Waals surface area (Å²) in [5.41, 5.74) is 1.45. The molecule has 1 aliphatic heterocycles. The lowest BCUT2D eigenvalue weighted by molar-refractivity contribution is 0.255. The van der Waals surface area contributed by atoms with E-state index in [1.165, 1.54) is 24.9 Å². The van der Waals surface area contributed by atoms with E-state index in [2.05, 4.69) is 49.1 Å². The second-order valence-electron chi connectivity index (χ2n) is 4.77. The summed E-state index contributed by atoms with van der Waals surface area (Å²) in [6, 6.07) is 11.6. The van der Waals surface area contributed by atoms with E-state index in [9.17, 15) is 0 Å². The molecule has 1 heterocycles. The molecule has 1 aromatic carbocycles. The fourth-order valence-corrected chi connectivity index (χ4v) is 2.55. The first-order valence-corrected chi connectivity index (χ1v) is 6.07. The van der Waals surface area contributed by atoms with Crippen molar-refractivity contribution in [1.29, 1.82) is 0 Å².